The zero-order chi connectivity index (χ0) is 13.8. The third-order valence-electron chi connectivity index (χ3n) is 4.34. The summed E-state index contributed by atoms with van der Waals surface area (Å²) in [6.07, 6.45) is 0.891. The Hall–Kier alpha value is -1.84. The van der Waals surface area contributed by atoms with Gasteiger partial charge in [0.25, 0.3) is 0 Å². The minimum absolute atomic E-state index is 0.0353. The first-order valence-electron chi connectivity index (χ1n) is 6.55. The molecule has 4 nitrogen and oxygen atoms in total. The summed E-state index contributed by atoms with van der Waals surface area (Å²) >= 11 is 0. The second-order valence-corrected chi connectivity index (χ2v) is 6.14. The highest BCUT2D eigenvalue weighted by atomic mass is 16.4. The number of hydrogen-bond acceptors (Lipinski definition) is 2. The lowest BCUT2D eigenvalue weighted by Gasteiger charge is -2.18. The van der Waals surface area contributed by atoms with Crippen molar-refractivity contribution in [2.24, 2.45) is 11.3 Å². The van der Waals surface area contributed by atoms with Crippen molar-refractivity contribution in [3.63, 3.8) is 0 Å². The number of anilines is 1. The topological polar surface area (TPSA) is 57.6 Å². The summed E-state index contributed by atoms with van der Waals surface area (Å²) < 4.78 is 0. The molecule has 2 aliphatic rings. The standard InChI is InChI=1S/C15H17NO3/c1-15(2)7-11(15)13(17)16-8-10(14(18)19)9-5-3-4-6-12(9)16/h3-6,10-11H,7-8H2,1-2H3,(H,18,19)/t10?,11-/m1/s1. The lowest BCUT2D eigenvalue weighted by Crippen LogP contribution is -2.33. The molecule has 0 radical (unpaired) electrons. The lowest BCUT2D eigenvalue weighted by molar-refractivity contribution is -0.138. The van der Waals surface area contributed by atoms with Crippen LogP contribution in [-0.2, 0) is 9.59 Å². The molecule has 19 heavy (non-hydrogen) atoms. The van der Waals surface area contributed by atoms with Crippen LogP contribution in [0.5, 0.6) is 0 Å². The third kappa shape index (κ3) is 1.82. The highest BCUT2D eigenvalue weighted by Gasteiger charge is 2.53. The van der Waals surface area contributed by atoms with E-state index >= 15 is 0 Å². The molecular weight excluding hydrogens is 242 g/mol. The van der Waals surface area contributed by atoms with Gasteiger partial charge in [-0.15, -0.1) is 0 Å². The van der Waals surface area contributed by atoms with E-state index in [4.69, 9.17) is 0 Å². The average molecular weight is 259 g/mol. The maximum Gasteiger partial charge on any atom is 0.312 e. The smallest absolute Gasteiger partial charge is 0.312 e. The molecule has 1 amide bonds. The number of hydrogen-bond donors (Lipinski definition) is 1. The first-order valence-corrected chi connectivity index (χ1v) is 6.55. The number of para-hydroxylation sites is 1. The molecule has 1 aromatic carbocycles. The molecule has 100 valence electrons. The van der Waals surface area contributed by atoms with Gasteiger partial charge >= 0.3 is 5.97 Å². The van der Waals surface area contributed by atoms with Gasteiger partial charge in [-0.05, 0) is 23.5 Å². The van der Waals surface area contributed by atoms with Crippen molar-refractivity contribution in [3.8, 4) is 0 Å². The van der Waals surface area contributed by atoms with E-state index in [0.29, 0.717) is 0 Å². The first kappa shape index (κ1) is 12.2. The van der Waals surface area contributed by atoms with Crippen molar-refractivity contribution in [2.75, 3.05) is 11.4 Å². The Labute approximate surface area is 112 Å². The molecule has 3 rings (SSSR count). The highest BCUT2D eigenvalue weighted by molar-refractivity contribution is 6.01. The Kier molecular flexibility index (Phi) is 2.46. The van der Waals surface area contributed by atoms with Crippen LogP contribution in [0.3, 0.4) is 0 Å². The number of aliphatic carboxylic acids is 1. The van der Waals surface area contributed by atoms with E-state index in [-0.39, 0.29) is 23.8 Å². The molecule has 1 unspecified atom stereocenters. The van der Waals surface area contributed by atoms with E-state index in [1.54, 1.807) is 11.0 Å². The van der Waals surface area contributed by atoms with E-state index in [0.717, 1.165) is 17.7 Å². The maximum atomic E-state index is 12.5. The summed E-state index contributed by atoms with van der Waals surface area (Å²) in [5.74, 6) is -1.35. The maximum absolute atomic E-state index is 12.5. The fraction of sp³-hybridized carbons (Fsp3) is 0.467. The molecule has 4 heteroatoms. The number of nitrogens with zero attached hydrogens (tertiary/aromatic N) is 1. The van der Waals surface area contributed by atoms with Crippen LogP contribution in [0.2, 0.25) is 0 Å². The van der Waals surface area contributed by atoms with E-state index in [1.165, 1.54) is 0 Å². The van der Waals surface area contributed by atoms with Gasteiger partial charge in [0.1, 0.15) is 5.92 Å². The molecule has 1 aromatic rings. The molecule has 0 saturated heterocycles. The zero-order valence-electron chi connectivity index (χ0n) is 11.1. The van der Waals surface area contributed by atoms with Crippen LogP contribution in [0.25, 0.3) is 0 Å². The molecule has 0 aromatic heterocycles. The van der Waals surface area contributed by atoms with Crippen LogP contribution in [0.15, 0.2) is 24.3 Å². The third-order valence-corrected chi connectivity index (χ3v) is 4.34. The van der Waals surface area contributed by atoms with Gasteiger partial charge in [0, 0.05) is 18.2 Å². The van der Waals surface area contributed by atoms with Gasteiger partial charge in [0.2, 0.25) is 5.91 Å². The highest BCUT2D eigenvalue weighted by Crippen LogP contribution is 2.53. The Morgan fingerprint density at radius 3 is 2.53 bits per heavy atom. The van der Waals surface area contributed by atoms with Crippen LogP contribution >= 0.6 is 0 Å². The molecule has 0 bridgehead atoms. The van der Waals surface area contributed by atoms with Gasteiger partial charge in [-0.25, -0.2) is 0 Å². The molecule has 1 heterocycles. The van der Waals surface area contributed by atoms with Crippen molar-refractivity contribution in [1.82, 2.24) is 0 Å². The first-order chi connectivity index (χ1) is 8.92. The van der Waals surface area contributed by atoms with Gasteiger partial charge in [0.05, 0.1) is 0 Å². The number of carbonyl (C=O) groups excluding carboxylic acids is 1. The number of fused-ring (bicyclic) bond motifs is 1. The molecule has 1 N–H and O–H groups in total. The van der Waals surface area contributed by atoms with E-state index < -0.39 is 11.9 Å². The Morgan fingerprint density at radius 2 is 1.95 bits per heavy atom. The summed E-state index contributed by atoms with van der Waals surface area (Å²) in [6, 6.07) is 7.32. The number of carboxylic acids is 1. The van der Waals surface area contributed by atoms with E-state index in [9.17, 15) is 14.7 Å². The second-order valence-electron chi connectivity index (χ2n) is 6.14. The zero-order valence-corrected chi connectivity index (χ0v) is 11.1. The summed E-state index contributed by atoms with van der Waals surface area (Å²) in [7, 11) is 0. The number of amides is 1. The quantitative estimate of drug-likeness (QED) is 0.886. The predicted octanol–water partition coefficient (Wildman–Crippen LogP) is 2.25. The Bertz CT molecular complexity index is 564. The van der Waals surface area contributed by atoms with Gasteiger partial charge in [-0.3, -0.25) is 9.59 Å². The molecule has 0 spiro atoms. The fourth-order valence-electron chi connectivity index (χ4n) is 2.90. The summed E-state index contributed by atoms with van der Waals surface area (Å²) in [5.41, 5.74) is 1.58. The Morgan fingerprint density at radius 1 is 1.32 bits per heavy atom. The van der Waals surface area contributed by atoms with Gasteiger partial charge < -0.3 is 10.0 Å². The van der Waals surface area contributed by atoms with Crippen molar-refractivity contribution < 1.29 is 14.7 Å². The predicted molar refractivity (Wildman–Crippen MR) is 71.1 cm³/mol. The number of carboxylic acid groups (broad SMARTS) is 1. The van der Waals surface area contributed by atoms with Gasteiger partial charge in [-0.1, -0.05) is 32.0 Å². The van der Waals surface area contributed by atoms with Crippen LogP contribution in [-0.4, -0.2) is 23.5 Å². The SMILES string of the molecule is CC1(C)C[C@@H]1C(=O)N1CC(C(=O)O)c2ccccc21. The van der Waals surface area contributed by atoms with Crippen molar-refractivity contribution >= 4 is 17.6 Å². The van der Waals surface area contributed by atoms with Gasteiger partial charge in [0.15, 0.2) is 0 Å². The molecule has 1 aliphatic carbocycles. The molecule has 2 atom stereocenters. The molecule has 1 fully saturated rings. The van der Waals surface area contributed by atoms with E-state index in [2.05, 4.69) is 13.8 Å². The Balaban J connectivity index is 1.93. The number of carbonyl (C=O) groups is 2. The molecule has 1 saturated carbocycles. The second kappa shape index (κ2) is 3.83. The normalized spacial score (nSPS) is 26.9. The van der Waals surface area contributed by atoms with Crippen LogP contribution in [0.4, 0.5) is 5.69 Å². The van der Waals surface area contributed by atoms with Crippen LogP contribution in [0, 0.1) is 11.3 Å². The summed E-state index contributed by atoms with van der Waals surface area (Å²) in [4.78, 5) is 25.5. The van der Waals surface area contributed by atoms with Gasteiger partial charge in [-0.2, -0.15) is 0 Å². The van der Waals surface area contributed by atoms with Crippen molar-refractivity contribution in [3.05, 3.63) is 29.8 Å². The minimum atomic E-state index is -0.863. The van der Waals surface area contributed by atoms with Crippen molar-refractivity contribution in [1.29, 1.82) is 0 Å². The summed E-state index contributed by atoms with van der Waals surface area (Å²) in [5, 5.41) is 9.28. The monoisotopic (exact) mass is 259 g/mol. The number of benzene rings is 1. The van der Waals surface area contributed by atoms with E-state index in [1.807, 2.05) is 18.2 Å². The van der Waals surface area contributed by atoms with Crippen LogP contribution in [0.1, 0.15) is 31.7 Å². The lowest BCUT2D eigenvalue weighted by atomic mass is 10.0. The number of rotatable bonds is 2. The largest absolute Gasteiger partial charge is 0.481 e. The molecular formula is C15H17NO3. The van der Waals surface area contributed by atoms with Crippen molar-refractivity contribution in [2.45, 2.75) is 26.2 Å². The fourth-order valence-corrected chi connectivity index (χ4v) is 2.90. The summed E-state index contributed by atoms with van der Waals surface area (Å²) in [6.45, 7) is 4.42. The minimum Gasteiger partial charge on any atom is -0.481 e. The average Bonchev–Trinajstić information content (AvgIpc) is 2.85. The molecule has 1 aliphatic heterocycles. The van der Waals surface area contributed by atoms with Crippen LogP contribution < -0.4 is 4.90 Å².